The van der Waals surface area contributed by atoms with Gasteiger partial charge in [-0.15, -0.1) is 0 Å². The van der Waals surface area contributed by atoms with Gasteiger partial charge in [-0.05, 0) is 42.9 Å². The second-order valence-electron chi connectivity index (χ2n) is 7.84. The first kappa shape index (κ1) is 22.9. The van der Waals surface area contributed by atoms with E-state index in [4.69, 9.17) is 21.1 Å². The Kier molecular flexibility index (Phi) is 9.48. The molecule has 0 amide bonds. The first-order valence-corrected chi connectivity index (χ1v) is 10.4. The van der Waals surface area contributed by atoms with Crippen molar-refractivity contribution in [2.75, 3.05) is 46.6 Å². The van der Waals surface area contributed by atoms with Gasteiger partial charge in [-0.2, -0.15) is 0 Å². The van der Waals surface area contributed by atoms with E-state index in [2.05, 4.69) is 29.5 Å². The van der Waals surface area contributed by atoms with Gasteiger partial charge in [0.2, 0.25) is 0 Å². The Morgan fingerprint density at radius 2 is 2.07 bits per heavy atom. The van der Waals surface area contributed by atoms with Crippen LogP contribution in [-0.4, -0.2) is 52.5 Å². The van der Waals surface area contributed by atoms with Crippen molar-refractivity contribution < 1.29 is 13.9 Å². The highest BCUT2D eigenvalue weighted by Crippen LogP contribution is 2.29. The topological polar surface area (TPSA) is 54.9 Å². The van der Waals surface area contributed by atoms with Gasteiger partial charge in [0, 0.05) is 57.0 Å². The predicted molar refractivity (Wildman–Crippen MR) is 113 cm³/mol. The maximum Gasteiger partial charge on any atom is 0.191 e. The molecule has 0 spiro atoms. The summed E-state index contributed by atoms with van der Waals surface area (Å²) in [7, 11) is 1.74. The van der Waals surface area contributed by atoms with E-state index in [1.54, 1.807) is 13.1 Å². The van der Waals surface area contributed by atoms with Gasteiger partial charge in [0.05, 0.1) is 0 Å². The van der Waals surface area contributed by atoms with Crippen molar-refractivity contribution in [3.8, 4) is 0 Å². The number of guanidine groups is 1. The zero-order chi connectivity index (χ0) is 20.4. The van der Waals surface area contributed by atoms with Crippen LogP contribution < -0.4 is 10.6 Å². The van der Waals surface area contributed by atoms with Crippen molar-refractivity contribution in [2.45, 2.75) is 38.5 Å². The summed E-state index contributed by atoms with van der Waals surface area (Å²) in [5, 5.41) is 7.07. The molecule has 1 heterocycles. The fourth-order valence-electron chi connectivity index (χ4n) is 3.20. The Hall–Kier alpha value is -1.37. The molecule has 158 valence electrons. The fourth-order valence-corrected chi connectivity index (χ4v) is 3.63. The van der Waals surface area contributed by atoms with E-state index in [-0.39, 0.29) is 11.2 Å². The Morgan fingerprint density at radius 1 is 1.32 bits per heavy atom. The molecule has 5 nitrogen and oxygen atoms in total. The van der Waals surface area contributed by atoms with Crippen LogP contribution in [0, 0.1) is 11.7 Å². The third-order valence-corrected chi connectivity index (χ3v) is 5.35. The molecule has 7 heteroatoms. The number of aliphatic imine (C=N–C) groups is 1. The van der Waals surface area contributed by atoms with Crippen LogP contribution in [0.5, 0.6) is 0 Å². The lowest BCUT2D eigenvalue weighted by Gasteiger charge is -2.27. The predicted octanol–water partition coefficient (Wildman–Crippen LogP) is 3.76. The average Bonchev–Trinajstić information content (AvgIpc) is 2.67. The summed E-state index contributed by atoms with van der Waals surface area (Å²) >= 11 is 6.22. The number of hydrogen-bond acceptors (Lipinski definition) is 3. The first-order valence-electron chi connectivity index (χ1n) is 9.98. The van der Waals surface area contributed by atoms with Gasteiger partial charge < -0.3 is 20.1 Å². The molecule has 2 rings (SSSR count). The SMILES string of the molecule is CN=C(NCCCOCC1CCOCC1)NCC(C)(C)c1ccc(F)cc1Cl. The van der Waals surface area contributed by atoms with Gasteiger partial charge in [-0.1, -0.05) is 31.5 Å². The summed E-state index contributed by atoms with van der Waals surface area (Å²) in [6.07, 6.45) is 3.11. The van der Waals surface area contributed by atoms with Crippen molar-refractivity contribution >= 4 is 17.6 Å². The molecule has 1 aromatic carbocycles. The van der Waals surface area contributed by atoms with Crippen molar-refractivity contribution in [2.24, 2.45) is 10.9 Å². The van der Waals surface area contributed by atoms with E-state index in [9.17, 15) is 4.39 Å². The van der Waals surface area contributed by atoms with Crippen LogP contribution in [-0.2, 0) is 14.9 Å². The Balaban J connectivity index is 1.66. The summed E-state index contributed by atoms with van der Waals surface area (Å²) in [6.45, 7) is 8.81. The maximum absolute atomic E-state index is 13.3. The van der Waals surface area contributed by atoms with E-state index in [1.165, 1.54) is 12.1 Å². The maximum atomic E-state index is 13.3. The number of rotatable bonds is 9. The molecule has 28 heavy (non-hydrogen) atoms. The van der Waals surface area contributed by atoms with Crippen molar-refractivity contribution in [1.29, 1.82) is 0 Å². The second-order valence-corrected chi connectivity index (χ2v) is 8.25. The zero-order valence-corrected chi connectivity index (χ0v) is 17.9. The third kappa shape index (κ3) is 7.57. The molecule has 2 N–H and O–H groups in total. The van der Waals surface area contributed by atoms with E-state index in [0.717, 1.165) is 63.8 Å². The zero-order valence-electron chi connectivity index (χ0n) is 17.2. The second kappa shape index (κ2) is 11.6. The number of nitrogens with one attached hydrogen (secondary N) is 2. The minimum atomic E-state index is -0.325. The molecular formula is C21H33ClFN3O2. The van der Waals surface area contributed by atoms with E-state index < -0.39 is 0 Å². The monoisotopic (exact) mass is 413 g/mol. The van der Waals surface area contributed by atoms with Crippen LogP contribution in [0.3, 0.4) is 0 Å². The normalized spacial score (nSPS) is 16.2. The van der Waals surface area contributed by atoms with E-state index in [0.29, 0.717) is 17.5 Å². The first-order chi connectivity index (χ1) is 13.4. The summed E-state index contributed by atoms with van der Waals surface area (Å²) < 4.78 is 24.4. The van der Waals surface area contributed by atoms with Crippen LogP contribution in [0.4, 0.5) is 4.39 Å². The van der Waals surface area contributed by atoms with Gasteiger partial charge in [-0.3, -0.25) is 4.99 Å². The minimum absolute atomic E-state index is 0.269. The van der Waals surface area contributed by atoms with Crippen molar-refractivity contribution in [3.05, 3.63) is 34.6 Å². The lowest BCUT2D eigenvalue weighted by atomic mass is 9.84. The van der Waals surface area contributed by atoms with E-state index >= 15 is 0 Å². The van der Waals surface area contributed by atoms with Crippen molar-refractivity contribution in [1.82, 2.24) is 10.6 Å². The van der Waals surface area contributed by atoms with Crippen LogP contribution >= 0.6 is 11.6 Å². The van der Waals surface area contributed by atoms with Gasteiger partial charge in [-0.25, -0.2) is 4.39 Å². The number of halogens is 2. The molecule has 0 unspecified atom stereocenters. The lowest BCUT2D eigenvalue weighted by Crippen LogP contribution is -2.44. The summed E-state index contributed by atoms with van der Waals surface area (Å²) in [5.74, 6) is 1.04. The fraction of sp³-hybridized carbons (Fsp3) is 0.667. The molecule has 1 fully saturated rings. The molecule has 0 bridgehead atoms. The molecule has 0 aliphatic carbocycles. The van der Waals surface area contributed by atoms with Crippen LogP contribution in [0.1, 0.15) is 38.7 Å². The third-order valence-electron chi connectivity index (χ3n) is 5.03. The van der Waals surface area contributed by atoms with E-state index in [1.807, 2.05) is 0 Å². The summed E-state index contributed by atoms with van der Waals surface area (Å²) in [4.78, 5) is 4.26. The molecule has 0 atom stereocenters. The number of ether oxygens (including phenoxy) is 2. The molecular weight excluding hydrogens is 381 g/mol. The highest BCUT2D eigenvalue weighted by molar-refractivity contribution is 6.31. The highest BCUT2D eigenvalue weighted by Gasteiger charge is 2.24. The minimum Gasteiger partial charge on any atom is -0.381 e. The standard InChI is InChI=1S/C21H33ClFN3O2/c1-21(2,18-6-5-17(23)13-19(18)22)15-26-20(24-3)25-9-4-10-28-14-16-7-11-27-12-8-16/h5-6,13,16H,4,7-12,14-15H2,1-3H3,(H2,24,25,26). The number of nitrogens with zero attached hydrogens (tertiary/aromatic N) is 1. The average molecular weight is 414 g/mol. The summed E-state index contributed by atoms with van der Waals surface area (Å²) in [6, 6.07) is 4.54. The number of hydrogen-bond donors (Lipinski definition) is 2. The molecule has 1 aromatic rings. The Morgan fingerprint density at radius 3 is 2.75 bits per heavy atom. The molecule has 1 aliphatic rings. The van der Waals surface area contributed by atoms with Crippen LogP contribution in [0.2, 0.25) is 5.02 Å². The summed E-state index contributed by atoms with van der Waals surface area (Å²) in [5.41, 5.74) is 0.634. The highest BCUT2D eigenvalue weighted by atomic mass is 35.5. The van der Waals surface area contributed by atoms with Gasteiger partial charge in [0.25, 0.3) is 0 Å². The van der Waals surface area contributed by atoms with Crippen molar-refractivity contribution in [3.63, 3.8) is 0 Å². The van der Waals surface area contributed by atoms with Crippen LogP contribution in [0.15, 0.2) is 23.2 Å². The van der Waals surface area contributed by atoms with Gasteiger partial charge in [0.1, 0.15) is 5.82 Å². The van der Waals surface area contributed by atoms with Crippen LogP contribution in [0.25, 0.3) is 0 Å². The molecule has 0 saturated carbocycles. The lowest BCUT2D eigenvalue weighted by molar-refractivity contribution is 0.0203. The molecule has 1 saturated heterocycles. The molecule has 0 radical (unpaired) electrons. The number of benzene rings is 1. The molecule has 0 aromatic heterocycles. The molecule has 1 aliphatic heterocycles. The quantitative estimate of drug-likeness (QED) is 0.367. The largest absolute Gasteiger partial charge is 0.381 e. The Bertz CT molecular complexity index is 634. The smallest absolute Gasteiger partial charge is 0.191 e. The van der Waals surface area contributed by atoms with Gasteiger partial charge >= 0.3 is 0 Å². The Labute approximate surface area is 173 Å². The van der Waals surface area contributed by atoms with Gasteiger partial charge in [0.15, 0.2) is 5.96 Å².